The Morgan fingerprint density at radius 2 is 2.30 bits per heavy atom. The molecule has 0 saturated heterocycles. The molecule has 1 amide bonds. The zero-order valence-electron chi connectivity index (χ0n) is 10.3. The minimum Gasteiger partial charge on any atom is -0.506 e. The largest absolute Gasteiger partial charge is 0.506 e. The van der Waals surface area contributed by atoms with E-state index in [1.165, 1.54) is 6.21 Å². The van der Waals surface area contributed by atoms with E-state index in [0.29, 0.717) is 9.13 Å². The van der Waals surface area contributed by atoms with Gasteiger partial charge >= 0.3 is 0 Å². The van der Waals surface area contributed by atoms with Gasteiger partial charge in [0.1, 0.15) is 5.75 Å². The van der Waals surface area contributed by atoms with E-state index in [0.717, 1.165) is 10.2 Å². The second-order valence-corrected chi connectivity index (χ2v) is 6.04. The van der Waals surface area contributed by atoms with Gasteiger partial charge in [0.25, 0.3) is 5.91 Å². The van der Waals surface area contributed by atoms with Crippen molar-refractivity contribution in [2.75, 3.05) is 0 Å². The quantitative estimate of drug-likeness (QED) is 0.383. The lowest BCUT2D eigenvalue weighted by Gasteiger charge is -2.02. The van der Waals surface area contributed by atoms with Gasteiger partial charge in [-0.25, -0.2) is 5.43 Å². The zero-order chi connectivity index (χ0) is 14.7. The predicted octanol–water partition coefficient (Wildman–Crippen LogP) is 2.55. The Balaban J connectivity index is 2.09. The number of H-pyrrole nitrogens is 1. The fourth-order valence-electron chi connectivity index (χ4n) is 1.44. The van der Waals surface area contributed by atoms with Crippen LogP contribution in [0.3, 0.4) is 0 Å². The van der Waals surface area contributed by atoms with Gasteiger partial charge in [-0.1, -0.05) is 15.9 Å². The lowest BCUT2D eigenvalue weighted by Crippen LogP contribution is -2.18. The molecule has 0 unspecified atom stereocenters. The van der Waals surface area contributed by atoms with E-state index >= 15 is 0 Å². The van der Waals surface area contributed by atoms with Crippen molar-refractivity contribution in [1.82, 2.24) is 15.6 Å². The number of amides is 1. The standard InChI is InChI=1S/C12H10BrIN4O2/c1-6-2-10(17-16-6)12(20)18-15-5-7-3-8(13)4-9(14)11(7)19/h2-5,19H,1H3,(H,16,17)(H,18,20). The smallest absolute Gasteiger partial charge is 0.291 e. The first kappa shape index (κ1) is 15.0. The van der Waals surface area contributed by atoms with Gasteiger partial charge in [0, 0.05) is 15.7 Å². The molecule has 8 heteroatoms. The molecule has 6 nitrogen and oxygen atoms in total. The van der Waals surface area contributed by atoms with Crippen molar-refractivity contribution in [3.63, 3.8) is 0 Å². The van der Waals surface area contributed by atoms with Crippen LogP contribution in [0.2, 0.25) is 0 Å². The van der Waals surface area contributed by atoms with Crippen molar-refractivity contribution in [2.24, 2.45) is 5.10 Å². The first-order chi connectivity index (χ1) is 9.47. The average Bonchev–Trinajstić information content (AvgIpc) is 2.81. The number of hydrogen-bond donors (Lipinski definition) is 3. The number of phenolic OH excluding ortho intramolecular Hbond substituents is 1. The molecule has 0 bridgehead atoms. The lowest BCUT2D eigenvalue weighted by molar-refractivity contribution is 0.0950. The van der Waals surface area contributed by atoms with Crippen LogP contribution in [0.1, 0.15) is 21.7 Å². The summed E-state index contributed by atoms with van der Waals surface area (Å²) in [6.07, 6.45) is 1.37. The Morgan fingerprint density at radius 1 is 1.55 bits per heavy atom. The van der Waals surface area contributed by atoms with Crippen LogP contribution >= 0.6 is 38.5 Å². The third-order valence-corrected chi connectivity index (χ3v) is 3.65. The number of nitrogens with zero attached hydrogens (tertiary/aromatic N) is 2. The molecule has 0 radical (unpaired) electrons. The molecular formula is C12H10BrIN4O2. The number of nitrogens with one attached hydrogen (secondary N) is 2. The molecule has 0 atom stereocenters. The summed E-state index contributed by atoms with van der Waals surface area (Å²) in [6, 6.07) is 5.09. The van der Waals surface area contributed by atoms with E-state index in [4.69, 9.17) is 0 Å². The molecule has 0 aliphatic rings. The Morgan fingerprint density at radius 3 is 2.95 bits per heavy atom. The van der Waals surface area contributed by atoms with Crippen molar-refractivity contribution in [2.45, 2.75) is 6.92 Å². The zero-order valence-corrected chi connectivity index (χ0v) is 14.1. The van der Waals surface area contributed by atoms with Gasteiger partial charge in [0.15, 0.2) is 5.69 Å². The van der Waals surface area contributed by atoms with Crippen LogP contribution in [0.4, 0.5) is 0 Å². The number of carbonyl (C=O) groups excluding carboxylic acids is 1. The topological polar surface area (TPSA) is 90.4 Å². The number of aromatic hydroxyl groups is 1. The van der Waals surface area contributed by atoms with Crippen LogP contribution in [0.5, 0.6) is 5.75 Å². The highest BCUT2D eigenvalue weighted by atomic mass is 127. The fraction of sp³-hybridized carbons (Fsp3) is 0.0833. The molecule has 0 spiro atoms. The molecular weight excluding hydrogens is 439 g/mol. The number of hydrazone groups is 1. The summed E-state index contributed by atoms with van der Waals surface area (Å²) in [5.41, 5.74) is 3.90. The van der Waals surface area contributed by atoms with E-state index in [1.54, 1.807) is 25.1 Å². The summed E-state index contributed by atoms with van der Waals surface area (Å²) in [5, 5.41) is 20.2. The molecule has 0 aliphatic carbocycles. The van der Waals surface area contributed by atoms with E-state index in [9.17, 15) is 9.90 Å². The number of aromatic amines is 1. The Kier molecular flexibility index (Phi) is 4.76. The van der Waals surface area contributed by atoms with Gasteiger partial charge < -0.3 is 5.11 Å². The minimum absolute atomic E-state index is 0.113. The molecule has 2 rings (SSSR count). The number of phenols is 1. The van der Waals surface area contributed by atoms with Crippen molar-refractivity contribution in [3.8, 4) is 5.75 Å². The first-order valence-corrected chi connectivity index (χ1v) is 7.38. The Hall–Kier alpha value is -1.42. The van der Waals surface area contributed by atoms with E-state index in [1.807, 2.05) is 22.6 Å². The molecule has 104 valence electrons. The molecule has 0 fully saturated rings. The van der Waals surface area contributed by atoms with Gasteiger partial charge in [0.2, 0.25) is 0 Å². The number of aryl methyl sites for hydroxylation is 1. The SMILES string of the molecule is Cc1cc(C(=O)NN=Cc2cc(Br)cc(I)c2O)n[nH]1. The number of carbonyl (C=O) groups is 1. The van der Waals surface area contributed by atoms with E-state index in [-0.39, 0.29) is 11.4 Å². The normalized spacial score (nSPS) is 10.9. The molecule has 2 aromatic rings. The third-order valence-electron chi connectivity index (χ3n) is 2.37. The van der Waals surface area contributed by atoms with Gasteiger partial charge in [-0.2, -0.15) is 10.2 Å². The fourth-order valence-corrected chi connectivity index (χ4v) is 2.99. The second kappa shape index (κ2) is 6.35. The minimum atomic E-state index is -0.421. The van der Waals surface area contributed by atoms with Crippen LogP contribution in [0.15, 0.2) is 27.8 Å². The molecule has 1 aromatic heterocycles. The summed E-state index contributed by atoms with van der Waals surface area (Å²) < 4.78 is 1.50. The highest BCUT2D eigenvalue weighted by Crippen LogP contribution is 2.27. The van der Waals surface area contributed by atoms with Gasteiger partial charge in [-0.15, -0.1) is 0 Å². The Bertz CT molecular complexity index is 684. The maximum absolute atomic E-state index is 11.7. The van der Waals surface area contributed by atoms with Crippen LogP contribution in [0.25, 0.3) is 0 Å². The summed E-state index contributed by atoms with van der Waals surface area (Å²) in [6.45, 7) is 1.80. The lowest BCUT2D eigenvalue weighted by atomic mass is 10.2. The van der Waals surface area contributed by atoms with E-state index < -0.39 is 5.91 Å². The van der Waals surface area contributed by atoms with Crippen LogP contribution in [0, 0.1) is 10.5 Å². The maximum atomic E-state index is 11.7. The first-order valence-electron chi connectivity index (χ1n) is 5.51. The summed E-state index contributed by atoms with van der Waals surface area (Å²) in [7, 11) is 0. The van der Waals surface area contributed by atoms with Crippen molar-refractivity contribution >= 4 is 50.6 Å². The Labute approximate surface area is 136 Å². The molecule has 3 N–H and O–H groups in total. The molecule has 1 heterocycles. The van der Waals surface area contributed by atoms with Crippen molar-refractivity contribution < 1.29 is 9.90 Å². The molecule has 0 saturated carbocycles. The summed E-state index contributed by atoms with van der Waals surface area (Å²) in [5.74, 6) is -0.308. The van der Waals surface area contributed by atoms with Gasteiger partial charge in [-0.3, -0.25) is 9.89 Å². The highest BCUT2D eigenvalue weighted by Gasteiger charge is 2.08. The van der Waals surface area contributed by atoms with Gasteiger partial charge in [0.05, 0.1) is 9.78 Å². The van der Waals surface area contributed by atoms with Gasteiger partial charge in [-0.05, 0) is 47.7 Å². The number of aromatic nitrogens is 2. The maximum Gasteiger partial charge on any atom is 0.291 e. The van der Waals surface area contributed by atoms with Crippen molar-refractivity contribution in [1.29, 1.82) is 0 Å². The number of halogens is 2. The summed E-state index contributed by atoms with van der Waals surface area (Å²) in [4.78, 5) is 11.7. The predicted molar refractivity (Wildman–Crippen MR) is 86.9 cm³/mol. The average molecular weight is 449 g/mol. The number of benzene rings is 1. The monoisotopic (exact) mass is 448 g/mol. The molecule has 1 aromatic carbocycles. The van der Waals surface area contributed by atoms with Crippen LogP contribution in [-0.4, -0.2) is 27.4 Å². The van der Waals surface area contributed by atoms with Crippen LogP contribution in [-0.2, 0) is 0 Å². The number of rotatable bonds is 3. The molecule has 20 heavy (non-hydrogen) atoms. The highest BCUT2D eigenvalue weighted by molar-refractivity contribution is 14.1. The van der Waals surface area contributed by atoms with Crippen LogP contribution < -0.4 is 5.43 Å². The van der Waals surface area contributed by atoms with Crippen molar-refractivity contribution in [3.05, 3.63) is 43.2 Å². The second-order valence-electron chi connectivity index (χ2n) is 3.96. The third kappa shape index (κ3) is 3.57. The molecule has 0 aliphatic heterocycles. The number of hydrogen-bond acceptors (Lipinski definition) is 4. The summed E-state index contributed by atoms with van der Waals surface area (Å²) >= 11 is 5.34. The van der Waals surface area contributed by atoms with E-state index in [2.05, 4.69) is 36.7 Å².